The minimum Gasteiger partial charge on any atom is -0.435 e. The Bertz CT molecular complexity index is 3570. The first kappa shape index (κ1) is 33.2. The number of fused-ring (bicyclic) bond motifs is 9. The standard InChI is InChI=1S/C55H35N3O/c1-3-13-39(14-4-1)55-56-50-30-27-38-24-23-37-26-28-45(34-48(37)53(38)54(50)59-55)57(44-19-11-16-41(33-44)42-25-22-36-12-7-8-15-40(36)32-42)46-29-31-52-49(35-46)47-20-9-10-21-51(47)58(52)43-17-5-2-6-18-43/h1-35H. The molecule has 0 fully saturated rings. The number of nitrogens with zero attached hydrogens (tertiary/aromatic N) is 3. The Morgan fingerprint density at radius 1 is 0.390 bits per heavy atom. The Balaban J connectivity index is 1.09. The third-order valence-corrected chi connectivity index (χ3v) is 11.7. The molecule has 0 N–H and O–H groups in total. The summed E-state index contributed by atoms with van der Waals surface area (Å²) in [7, 11) is 0. The molecule has 12 rings (SSSR count). The maximum Gasteiger partial charge on any atom is 0.227 e. The Hall–Kier alpha value is -7.95. The number of rotatable bonds is 6. The minimum atomic E-state index is 0.622. The molecule has 0 bridgehead atoms. The van der Waals surface area contributed by atoms with E-state index in [1.807, 2.05) is 30.3 Å². The summed E-state index contributed by atoms with van der Waals surface area (Å²) >= 11 is 0. The van der Waals surface area contributed by atoms with E-state index in [1.54, 1.807) is 0 Å². The van der Waals surface area contributed by atoms with Gasteiger partial charge in [-0.2, -0.15) is 0 Å². The second-order valence-electron chi connectivity index (χ2n) is 15.2. The van der Waals surface area contributed by atoms with E-state index in [9.17, 15) is 0 Å². The molecular formula is C55H35N3O. The molecule has 12 aromatic rings. The predicted molar refractivity (Wildman–Crippen MR) is 246 cm³/mol. The van der Waals surface area contributed by atoms with Gasteiger partial charge in [-0.1, -0.05) is 127 Å². The summed E-state index contributed by atoms with van der Waals surface area (Å²) in [6.07, 6.45) is 0. The molecule has 0 aliphatic rings. The Morgan fingerprint density at radius 2 is 1.02 bits per heavy atom. The van der Waals surface area contributed by atoms with Gasteiger partial charge in [0.05, 0.1) is 11.0 Å². The van der Waals surface area contributed by atoms with Crippen molar-refractivity contribution in [1.82, 2.24) is 9.55 Å². The monoisotopic (exact) mass is 753 g/mol. The van der Waals surface area contributed by atoms with Crippen LogP contribution in [0.25, 0.3) is 93.5 Å². The summed E-state index contributed by atoms with van der Waals surface area (Å²) in [6.45, 7) is 0. The van der Waals surface area contributed by atoms with Crippen molar-refractivity contribution in [2.75, 3.05) is 4.90 Å². The summed E-state index contributed by atoms with van der Waals surface area (Å²) in [5.74, 6) is 0.622. The van der Waals surface area contributed by atoms with Gasteiger partial charge in [-0.05, 0) is 123 Å². The number of oxazole rings is 1. The van der Waals surface area contributed by atoms with Crippen molar-refractivity contribution in [3.63, 3.8) is 0 Å². The molecule has 2 heterocycles. The zero-order valence-electron chi connectivity index (χ0n) is 32.0. The molecule has 0 aliphatic heterocycles. The lowest BCUT2D eigenvalue weighted by atomic mass is 9.99. The van der Waals surface area contributed by atoms with Crippen LogP contribution >= 0.6 is 0 Å². The topological polar surface area (TPSA) is 34.2 Å². The highest BCUT2D eigenvalue weighted by molar-refractivity contribution is 6.19. The molecule has 2 aromatic heterocycles. The van der Waals surface area contributed by atoms with Crippen LogP contribution in [0.1, 0.15) is 0 Å². The van der Waals surface area contributed by atoms with E-state index in [-0.39, 0.29) is 0 Å². The average Bonchev–Trinajstić information content (AvgIpc) is 3.89. The minimum absolute atomic E-state index is 0.622. The highest BCUT2D eigenvalue weighted by atomic mass is 16.3. The lowest BCUT2D eigenvalue weighted by Crippen LogP contribution is -2.10. The van der Waals surface area contributed by atoms with Crippen LogP contribution in [0, 0.1) is 0 Å². The lowest BCUT2D eigenvalue weighted by Gasteiger charge is -2.27. The third-order valence-electron chi connectivity index (χ3n) is 11.7. The second kappa shape index (κ2) is 13.3. The first-order valence-electron chi connectivity index (χ1n) is 20.0. The van der Waals surface area contributed by atoms with E-state index in [2.05, 4.69) is 191 Å². The quantitative estimate of drug-likeness (QED) is 0.159. The fraction of sp³-hybridized carbons (Fsp3) is 0. The van der Waals surface area contributed by atoms with Crippen LogP contribution in [0.5, 0.6) is 0 Å². The molecule has 0 aliphatic carbocycles. The first-order valence-corrected chi connectivity index (χ1v) is 20.0. The Kier molecular flexibility index (Phi) is 7.50. The normalized spacial score (nSPS) is 11.7. The molecule has 0 amide bonds. The van der Waals surface area contributed by atoms with Gasteiger partial charge in [-0.25, -0.2) is 4.98 Å². The Morgan fingerprint density at radius 3 is 1.90 bits per heavy atom. The summed E-state index contributed by atoms with van der Waals surface area (Å²) in [4.78, 5) is 7.34. The summed E-state index contributed by atoms with van der Waals surface area (Å²) in [5.41, 5.74) is 11.6. The van der Waals surface area contributed by atoms with Gasteiger partial charge in [-0.3, -0.25) is 0 Å². The van der Waals surface area contributed by atoms with Gasteiger partial charge < -0.3 is 13.9 Å². The van der Waals surface area contributed by atoms with Gasteiger partial charge in [-0.15, -0.1) is 0 Å². The van der Waals surface area contributed by atoms with Crippen molar-refractivity contribution in [3.8, 4) is 28.3 Å². The first-order chi connectivity index (χ1) is 29.2. The maximum absolute atomic E-state index is 6.64. The van der Waals surface area contributed by atoms with E-state index in [0.29, 0.717) is 5.89 Å². The van der Waals surface area contributed by atoms with Crippen molar-refractivity contribution in [2.45, 2.75) is 0 Å². The number of anilines is 3. The second-order valence-corrected chi connectivity index (χ2v) is 15.2. The van der Waals surface area contributed by atoms with Gasteiger partial charge in [0.2, 0.25) is 5.89 Å². The maximum atomic E-state index is 6.64. The fourth-order valence-corrected chi connectivity index (χ4v) is 8.95. The largest absolute Gasteiger partial charge is 0.435 e. The van der Waals surface area contributed by atoms with Gasteiger partial charge in [0.25, 0.3) is 0 Å². The van der Waals surface area contributed by atoms with Crippen LogP contribution in [0.2, 0.25) is 0 Å². The van der Waals surface area contributed by atoms with Gasteiger partial charge in [0, 0.05) is 44.5 Å². The molecule has 0 atom stereocenters. The molecule has 4 heteroatoms. The molecule has 0 radical (unpaired) electrons. The molecule has 0 unspecified atom stereocenters. The molecule has 10 aromatic carbocycles. The van der Waals surface area contributed by atoms with Crippen LogP contribution in [-0.4, -0.2) is 9.55 Å². The SMILES string of the molecule is c1ccc(-c2nc3ccc4ccc5ccc(N(c6cccc(-c7ccc8ccccc8c7)c6)c6ccc7c(c6)c6ccccc6n7-c6ccccc6)cc5c4c3o2)cc1. The summed E-state index contributed by atoms with van der Waals surface area (Å²) in [6, 6.07) is 76.0. The highest BCUT2D eigenvalue weighted by Gasteiger charge is 2.20. The molecule has 59 heavy (non-hydrogen) atoms. The lowest BCUT2D eigenvalue weighted by molar-refractivity contribution is 0.623. The highest BCUT2D eigenvalue weighted by Crippen LogP contribution is 2.43. The van der Waals surface area contributed by atoms with Crippen molar-refractivity contribution < 1.29 is 4.42 Å². The fourth-order valence-electron chi connectivity index (χ4n) is 8.95. The predicted octanol–water partition coefficient (Wildman–Crippen LogP) is 15.2. The smallest absolute Gasteiger partial charge is 0.227 e. The van der Waals surface area contributed by atoms with E-state index >= 15 is 0 Å². The van der Waals surface area contributed by atoms with Gasteiger partial charge >= 0.3 is 0 Å². The van der Waals surface area contributed by atoms with Crippen LogP contribution < -0.4 is 4.90 Å². The van der Waals surface area contributed by atoms with Crippen molar-refractivity contribution >= 4 is 82.3 Å². The molecule has 4 nitrogen and oxygen atoms in total. The molecule has 0 spiro atoms. The van der Waals surface area contributed by atoms with E-state index in [1.165, 1.54) is 32.6 Å². The molecule has 0 saturated heterocycles. The van der Waals surface area contributed by atoms with E-state index in [0.717, 1.165) is 72.0 Å². The molecule has 276 valence electrons. The number of benzene rings is 10. The van der Waals surface area contributed by atoms with Crippen LogP contribution in [0.3, 0.4) is 0 Å². The van der Waals surface area contributed by atoms with Crippen molar-refractivity contribution in [3.05, 3.63) is 212 Å². The number of aromatic nitrogens is 2. The summed E-state index contributed by atoms with van der Waals surface area (Å²) in [5, 5.41) is 9.28. The van der Waals surface area contributed by atoms with Gasteiger partial charge in [0.15, 0.2) is 5.58 Å². The molecular weight excluding hydrogens is 719 g/mol. The van der Waals surface area contributed by atoms with Crippen molar-refractivity contribution in [2.24, 2.45) is 0 Å². The summed E-state index contributed by atoms with van der Waals surface area (Å²) < 4.78 is 9.01. The van der Waals surface area contributed by atoms with Crippen LogP contribution in [0.15, 0.2) is 217 Å². The number of para-hydroxylation sites is 2. The van der Waals surface area contributed by atoms with Crippen molar-refractivity contribution in [1.29, 1.82) is 0 Å². The third kappa shape index (κ3) is 5.49. The van der Waals surface area contributed by atoms with Gasteiger partial charge in [0.1, 0.15) is 5.52 Å². The molecule has 0 saturated carbocycles. The Labute approximate surface area is 340 Å². The van der Waals surface area contributed by atoms with E-state index < -0.39 is 0 Å². The zero-order chi connectivity index (χ0) is 38.9. The van der Waals surface area contributed by atoms with Crippen LogP contribution in [0.4, 0.5) is 17.1 Å². The van der Waals surface area contributed by atoms with E-state index in [4.69, 9.17) is 9.40 Å². The average molecular weight is 754 g/mol. The van der Waals surface area contributed by atoms with Crippen LogP contribution in [-0.2, 0) is 0 Å². The number of hydrogen-bond acceptors (Lipinski definition) is 3. The number of hydrogen-bond donors (Lipinski definition) is 0. The zero-order valence-corrected chi connectivity index (χ0v) is 32.0.